The van der Waals surface area contributed by atoms with Gasteiger partial charge in [-0.25, -0.2) is 4.79 Å². The molecule has 1 unspecified atom stereocenters. The number of allylic oxidation sites excluding steroid dienone is 1. The van der Waals surface area contributed by atoms with Gasteiger partial charge in [0.1, 0.15) is 5.76 Å². The molecule has 1 saturated heterocycles. The van der Waals surface area contributed by atoms with Crippen molar-refractivity contribution in [1.29, 1.82) is 0 Å². The second-order valence-electron chi connectivity index (χ2n) is 3.08. The summed E-state index contributed by atoms with van der Waals surface area (Å²) in [6.45, 7) is 5.10. The first-order valence-corrected chi connectivity index (χ1v) is 4.80. The van der Waals surface area contributed by atoms with Crippen molar-refractivity contribution >= 4 is 5.97 Å². The van der Waals surface area contributed by atoms with Crippen LogP contribution in [-0.2, 0) is 14.3 Å². The molecule has 1 fully saturated rings. The maximum atomic E-state index is 9.97. The van der Waals surface area contributed by atoms with Gasteiger partial charge in [-0.2, -0.15) is 0 Å². The summed E-state index contributed by atoms with van der Waals surface area (Å²) in [6.07, 6.45) is 5.42. The van der Waals surface area contributed by atoms with E-state index >= 15 is 0 Å². The summed E-state index contributed by atoms with van der Waals surface area (Å²) in [4.78, 5) is 9.97. The highest BCUT2D eigenvalue weighted by atomic mass is 16.6. The van der Waals surface area contributed by atoms with Crippen LogP contribution in [0.3, 0.4) is 0 Å². The number of hydrogen-bond acceptors (Lipinski definition) is 3. The predicted molar refractivity (Wildman–Crippen MR) is 49.1 cm³/mol. The van der Waals surface area contributed by atoms with Gasteiger partial charge in [-0.1, -0.05) is 13.8 Å². The predicted octanol–water partition coefficient (Wildman–Crippen LogP) is 2.02. The lowest BCUT2D eigenvalue weighted by Crippen LogP contribution is -2.25. The molecular weight excluding hydrogens is 168 g/mol. The van der Waals surface area contributed by atoms with Crippen LogP contribution >= 0.6 is 0 Å². The molecule has 74 valence electrons. The van der Waals surface area contributed by atoms with E-state index < -0.39 is 0 Å². The van der Waals surface area contributed by atoms with Gasteiger partial charge in [-0.15, -0.1) is 0 Å². The monoisotopic (exact) mass is 184 g/mol. The Kier molecular flexibility index (Phi) is 3.96. The van der Waals surface area contributed by atoms with E-state index in [-0.39, 0.29) is 5.97 Å². The number of carbonyl (C=O) groups is 1. The van der Waals surface area contributed by atoms with E-state index in [1.54, 1.807) is 0 Å². The van der Waals surface area contributed by atoms with Crippen molar-refractivity contribution in [3.63, 3.8) is 0 Å². The number of rotatable bonds is 2. The zero-order valence-corrected chi connectivity index (χ0v) is 8.21. The Morgan fingerprint density at radius 3 is 2.23 bits per heavy atom. The maximum Gasteiger partial charge on any atom is 0.339 e. The second-order valence-corrected chi connectivity index (χ2v) is 3.08. The van der Waals surface area contributed by atoms with Crippen molar-refractivity contribution in [3.8, 4) is 0 Å². The van der Waals surface area contributed by atoms with Gasteiger partial charge in [0.15, 0.2) is 0 Å². The molecule has 1 atom stereocenters. The Balaban J connectivity index is 0.000000132. The number of hydrogen-bond donors (Lipinski definition) is 0. The first-order valence-electron chi connectivity index (χ1n) is 4.80. The number of esters is 1. The number of ether oxygens (including phenoxy) is 2. The molecule has 13 heavy (non-hydrogen) atoms. The van der Waals surface area contributed by atoms with E-state index in [0.29, 0.717) is 6.10 Å². The average molecular weight is 184 g/mol. The van der Waals surface area contributed by atoms with Gasteiger partial charge in [0.2, 0.25) is 0 Å². The maximum absolute atomic E-state index is 9.97. The minimum absolute atomic E-state index is 0.211. The van der Waals surface area contributed by atoms with Crippen LogP contribution in [0, 0.1) is 0 Å². The largest absolute Gasteiger partial charge is 0.428 e. The first-order chi connectivity index (χ1) is 6.26. The van der Waals surface area contributed by atoms with Crippen LogP contribution in [0.25, 0.3) is 0 Å². The SMILES string of the molecule is CCC1=CC(=O)O1.CCC1CCO1. The minimum atomic E-state index is -0.211. The van der Waals surface area contributed by atoms with Crippen LogP contribution in [-0.4, -0.2) is 18.7 Å². The molecule has 3 heteroatoms. The highest BCUT2D eigenvalue weighted by molar-refractivity contribution is 5.88. The smallest absolute Gasteiger partial charge is 0.339 e. The van der Waals surface area contributed by atoms with Gasteiger partial charge >= 0.3 is 5.97 Å². The summed E-state index contributed by atoms with van der Waals surface area (Å²) in [5.74, 6) is 0.585. The summed E-state index contributed by atoms with van der Waals surface area (Å²) in [6, 6.07) is 0. The van der Waals surface area contributed by atoms with Crippen molar-refractivity contribution in [2.45, 2.75) is 39.2 Å². The first kappa shape index (κ1) is 10.3. The Bertz CT molecular complexity index is 201. The van der Waals surface area contributed by atoms with Crippen molar-refractivity contribution in [3.05, 3.63) is 11.8 Å². The van der Waals surface area contributed by atoms with Crippen molar-refractivity contribution in [1.82, 2.24) is 0 Å². The Morgan fingerprint density at radius 2 is 2.15 bits per heavy atom. The molecule has 0 bridgehead atoms. The van der Waals surface area contributed by atoms with Gasteiger partial charge in [0.25, 0.3) is 0 Å². The molecule has 0 aromatic rings. The van der Waals surface area contributed by atoms with E-state index in [4.69, 9.17) is 4.74 Å². The molecule has 2 aliphatic rings. The van der Waals surface area contributed by atoms with Gasteiger partial charge in [-0.05, 0) is 12.8 Å². The molecule has 0 radical (unpaired) electrons. The highest BCUT2D eigenvalue weighted by Gasteiger charge is 2.14. The minimum Gasteiger partial charge on any atom is -0.428 e. The third kappa shape index (κ3) is 3.19. The van der Waals surface area contributed by atoms with Crippen molar-refractivity contribution in [2.75, 3.05) is 6.61 Å². The Labute approximate surface area is 78.7 Å². The average Bonchev–Trinajstić information content (AvgIpc) is 1.98. The standard InChI is InChI=1S/C5H6O2.C5H10O/c1-2-4-3-5(6)7-4;1-2-5-3-4-6-5/h3H,2H2,1H3;5H,2-4H2,1H3. The molecule has 0 aromatic carbocycles. The van der Waals surface area contributed by atoms with Gasteiger partial charge in [0, 0.05) is 13.0 Å². The topological polar surface area (TPSA) is 35.5 Å². The fourth-order valence-electron chi connectivity index (χ4n) is 1.04. The van der Waals surface area contributed by atoms with E-state index in [2.05, 4.69) is 11.7 Å². The van der Waals surface area contributed by atoms with E-state index in [0.717, 1.165) is 18.8 Å². The molecule has 0 aromatic heterocycles. The van der Waals surface area contributed by atoms with Crippen LogP contribution in [0.5, 0.6) is 0 Å². The van der Waals surface area contributed by atoms with Crippen LogP contribution in [0.15, 0.2) is 11.8 Å². The van der Waals surface area contributed by atoms with E-state index in [1.807, 2.05) is 6.92 Å². The van der Waals surface area contributed by atoms with E-state index in [1.165, 1.54) is 18.9 Å². The third-order valence-electron chi connectivity index (χ3n) is 2.11. The molecule has 3 nitrogen and oxygen atoms in total. The molecule has 0 saturated carbocycles. The van der Waals surface area contributed by atoms with Crippen LogP contribution < -0.4 is 0 Å². The molecular formula is C10H16O3. The fraction of sp³-hybridized carbons (Fsp3) is 0.700. The van der Waals surface area contributed by atoms with Crippen LogP contribution in [0.2, 0.25) is 0 Å². The molecule has 2 aliphatic heterocycles. The van der Waals surface area contributed by atoms with Crippen molar-refractivity contribution < 1.29 is 14.3 Å². The Hall–Kier alpha value is -0.830. The molecule has 0 amide bonds. The number of cyclic esters (lactones) is 1. The zero-order chi connectivity index (χ0) is 9.68. The van der Waals surface area contributed by atoms with E-state index in [9.17, 15) is 4.79 Å². The third-order valence-corrected chi connectivity index (χ3v) is 2.11. The van der Waals surface area contributed by atoms with Gasteiger partial charge in [0.05, 0.1) is 12.2 Å². The molecule has 2 rings (SSSR count). The zero-order valence-electron chi connectivity index (χ0n) is 8.21. The van der Waals surface area contributed by atoms with Crippen LogP contribution in [0.4, 0.5) is 0 Å². The summed E-state index contributed by atoms with van der Waals surface area (Å²) < 4.78 is 9.59. The lowest BCUT2D eigenvalue weighted by molar-refractivity contribution is -0.138. The molecule has 2 heterocycles. The summed E-state index contributed by atoms with van der Waals surface area (Å²) >= 11 is 0. The fourth-order valence-corrected chi connectivity index (χ4v) is 1.04. The lowest BCUT2D eigenvalue weighted by Gasteiger charge is -2.24. The molecule has 0 spiro atoms. The summed E-state index contributed by atoms with van der Waals surface area (Å²) in [7, 11) is 0. The van der Waals surface area contributed by atoms with Gasteiger partial charge in [-0.3, -0.25) is 0 Å². The van der Waals surface area contributed by atoms with Gasteiger partial charge < -0.3 is 9.47 Å². The van der Waals surface area contributed by atoms with Crippen molar-refractivity contribution in [2.24, 2.45) is 0 Å². The number of carbonyl (C=O) groups excluding carboxylic acids is 1. The molecule has 0 aliphatic carbocycles. The quantitative estimate of drug-likeness (QED) is 0.616. The lowest BCUT2D eigenvalue weighted by atomic mass is 10.1. The summed E-state index contributed by atoms with van der Waals surface area (Å²) in [5, 5.41) is 0. The Morgan fingerprint density at radius 1 is 1.54 bits per heavy atom. The molecule has 0 N–H and O–H groups in total. The summed E-state index contributed by atoms with van der Waals surface area (Å²) in [5.41, 5.74) is 0. The van der Waals surface area contributed by atoms with Crippen LogP contribution in [0.1, 0.15) is 33.1 Å². The highest BCUT2D eigenvalue weighted by Crippen LogP contribution is 2.13. The normalized spacial score (nSPS) is 24.3. The second kappa shape index (κ2) is 5.02.